The Morgan fingerprint density at radius 2 is 2.08 bits per heavy atom. The monoisotopic (exact) mass is 195 g/mol. The van der Waals surface area contributed by atoms with E-state index in [1.54, 1.807) is 7.05 Å². The molecule has 0 rings (SSSR count). The molecule has 4 heteroatoms. The van der Waals surface area contributed by atoms with E-state index in [-0.39, 0.29) is 24.4 Å². The van der Waals surface area contributed by atoms with Gasteiger partial charge in [-0.2, -0.15) is 0 Å². The number of carbonyl (C=O) groups excluding carboxylic acids is 1. The number of hydrogen-bond acceptors (Lipinski definition) is 3. The Kier molecular flexibility index (Phi) is 10.5. The third kappa shape index (κ3) is 5.38. The summed E-state index contributed by atoms with van der Waals surface area (Å²) in [6.45, 7) is 4.32. The first kappa shape index (κ1) is 14.3. The van der Waals surface area contributed by atoms with Crippen LogP contribution in [0, 0.1) is 0 Å². The van der Waals surface area contributed by atoms with Crippen molar-refractivity contribution in [3.05, 3.63) is 0 Å². The molecule has 0 aromatic rings. The van der Waals surface area contributed by atoms with E-state index < -0.39 is 0 Å². The number of carbonyl (C=O) groups is 1. The summed E-state index contributed by atoms with van der Waals surface area (Å²) in [4.78, 5) is 11.1. The summed E-state index contributed by atoms with van der Waals surface area (Å²) in [5.41, 5.74) is 0. The van der Waals surface area contributed by atoms with Gasteiger partial charge in [-0.15, -0.1) is 12.4 Å². The fourth-order valence-corrected chi connectivity index (χ4v) is 0.912. The SMILES string of the molecule is CCCC(NC)C(=O)OCC.Cl. The van der Waals surface area contributed by atoms with Crippen LogP contribution >= 0.6 is 12.4 Å². The minimum atomic E-state index is -0.142. The van der Waals surface area contributed by atoms with Crippen molar-refractivity contribution in [2.75, 3.05) is 13.7 Å². The highest BCUT2D eigenvalue weighted by Crippen LogP contribution is 1.97. The van der Waals surface area contributed by atoms with Crippen LogP contribution in [-0.4, -0.2) is 25.7 Å². The van der Waals surface area contributed by atoms with Crippen molar-refractivity contribution in [1.29, 1.82) is 0 Å². The van der Waals surface area contributed by atoms with Crippen molar-refractivity contribution in [3.63, 3.8) is 0 Å². The quantitative estimate of drug-likeness (QED) is 0.674. The third-order valence-corrected chi connectivity index (χ3v) is 1.50. The maximum Gasteiger partial charge on any atom is 0.323 e. The van der Waals surface area contributed by atoms with E-state index in [1.165, 1.54) is 0 Å². The Bertz CT molecular complexity index is 120. The zero-order valence-electron chi connectivity index (χ0n) is 7.92. The Morgan fingerprint density at radius 1 is 1.50 bits per heavy atom. The molecular formula is C8H18ClNO2. The maximum atomic E-state index is 11.1. The third-order valence-electron chi connectivity index (χ3n) is 1.50. The van der Waals surface area contributed by atoms with E-state index >= 15 is 0 Å². The number of esters is 1. The molecule has 0 spiro atoms. The number of halogens is 1. The number of ether oxygens (including phenoxy) is 1. The normalized spacial score (nSPS) is 11.6. The van der Waals surface area contributed by atoms with Crippen LogP contribution in [0.5, 0.6) is 0 Å². The predicted octanol–water partition coefficient (Wildman–Crippen LogP) is 1.36. The molecule has 0 heterocycles. The van der Waals surface area contributed by atoms with Crippen LogP contribution in [0.25, 0.3) is 0 Å². The van der Waals surface area contributed by atoms with Crippen LogP contribution in [0.15, 0.2) is 0 Å². The maximum absolute atomic E-state index is 11.1. The summed E-state index contributed by atoms with van der Waals surface area (Å²) in [6.07, 6.45) is 1.83. The number of likely N-dealkylation sites (N-methyl/N-ethyl adjacent to an activating group) is 1. The zero-order valence-corrected chi connectivity index (χ0v) is 8.74. The topological polar surface area (TPSA) is 38.3 Å². The Labute approximate surface area is 80.3 Å². The molecule has 0 aliphatic rings. The van der Waals surface area contributed by atoms with Crippen LogP contribution in [0.3, 0.4) is 0 Å². The molecule has 0 aliphatic carbocycles. The largest absolute Gasteiger partial charge is 0.465 e. The second kappa shape index (κ2) is 8.81. The average molecular weight is 196 g/mol. The molecule has 12 heavy (non-hydrogen) atoms. The molecule has 74 valence electrons. The highest BCUT2D eigenvalue weighted by molar-refractivity contribution is 5.85. The van der Waals surface area contributed by atoms with Gasteiger partial charge in [-0.05, 0) is 20.4 Å². The molecule has 0 saturated carbocycles. The van der Waals surface area contributed by atoms with Crippen molar-refractivity contribution < 1.29 is 9.53 Å². The first-order valence-corrected chi connectivity index (χ1v) is 4.10. The summed E-state index contributed by atoms with van der Waals surface area (Å²) < 4.78 is 4.85. The Balaban J connectivity index is 0. The predicted molar refractivity (Wildman–Crippen MR) is 51.6 cm³/mol. The minimum Gasteiger partial charge on any atom is -0.465 e. The Hall–Kier alpha value is -0.280. The van der Waals surface area contributed by atoms with Crippen molar-refractivity contribution >= 4 is 18.4 Å². The average Bonchev–Trinajstić information content (AvgIpc) is 2.00. The highest BCUT2D eigenvalue weighted by Gasteiger charge is 2.15. The van der Waals surface area contributed by atoms with Crippen molar-refractivity contribution in [3.8, 4) is 0 Å². The van der Waals surface area contributed by atoms with Gasteiger partial charge in [0.15, 0.2) is 0 Å². The fourth-order valence-electron chi connectivity index (χ4n) is 0.912. The molecule has 0 saturated heterocycles. The molecule has 0 aromatic carbocycles. The van der Waals surface area contributed by atoms with Crippen LogP contribution in [0.1, 0.15) is 26.7 Å². The fraction of sp³-hybridized carbons (Fsp3) is 0.875. The van der Waals surface area contributed by atoms with Crippen molar-refractivity contribution in [2.24, 2.45) is 0 Å². The molecule has 0 aliphatic heterocycles. The summed E-state index contributed by atoms with van der Waals surface area (Å²) >= 11 is 0. The first-order valence-electron chi connectivity index (χ1n) is 4.10. The lowest BCUT2D eigenvalue weighted by atomic mass is 10.2. The standard InChI is InChI=1S/C8H17NO2.ClH/c1-4-6-7(9-3)8(10)11-5-2;/h7,9H,4-6H2,1-3H3;1H. The van der Waals surface area contributed by atoms with Crippen LogP contribution in [-0.2, 0) is 9.53 Å². The van der Waals surface area contributed by atoms with E-state index in [1.807, 2.05) is 13.8 Å². The summed E-state index contributed by atoms with van der Waals surface area (Å²) in [7, 11) is 1.78. The molecule has 1 N–H and O–H groups in total. The van der Waals surface area contributed by atoms with E-state index in [0.717, 1.165) is 12.8 Å². The van der Waals surface area contributed by atoms with Crippen LogP contribution in [0.2, 0.25) is 0 Å². The van der Waals surface area contributed by atoms with Gasteiger partial charge < -0.3 is 10.1 Å². The second-order valence-corrected chi connectivity index (χ2v) is 2.38. The molecular weight excluding hydrogens is 178 g/mol. The highest BCUT2D eigenvalue weighted by atomic mass is 35.5. The smallest absolute Gasteiger partial charge is 0.323 e. The van der Waals surface area contributed by atoms with Crippen LogP contribution in [0.4, 0.5) is 0 Å². The molecule has 0 radical (unpaired) electrons. The van der Waals surface area contributed by atoms with E-state index in [2.05, 4.69) is 5.32 Å². The van der Waals surface area contributed by atoms with Crippen molar-refractivity contribution in [1.82, 2.24) is 5.32 Å². The van der Waals surface area contributed by atoms with E-state index in [9.17, 15) is 4.79 Å². The molecule has 0 amide bonds. The molecule has 0 aromatic heterocycles. The van der Waals surface area contributed by atoms with Gasteiger partial charge in [0.05, 0.1) is 6.61 Å². The van der Waals surface area contributed by atoms with Gasteiger partial charge in [0.2, 0.25) is 0 Å². The lowest BCUT2D eigenvalue weighted by Crippen LogP contribution is -2.35. The van der Waals surface area contributed by atoms with Gasteiger partial charge in [-0.25, -0.2) is 0 Å². The van der Waals surface area contributed by atoms with Gasteiger partial charge in [0, 0.05) is 0 Å². The van der Waals surface area contributed by atoms with Gasteiger partial charge >= 0.3 is 5.97 Å². The molecule has 0 bridgehead atoms. The van der Waals surface area contributed by atoms with Gasteiger partial charge in [-0.3, -0.25) is 4.79 Å². The lowest BCUT2D eigenvalue weighted by Gasteiger charge is -2.12. The summed E-state index contributed by atoms with van der Waals surface area (Å²) in [5, 5.41) is 2.91. The lowest BCUT2D eigenvalue weighted by molar-refractivity contribution is -0.145. The molecule has 1 unspecified atom stereocenters. The zero-order chi connectivity index (χ0) is 8.69. The summed E-state index contributed by atoms with van der Waals surface area (Å²) in [6, 6.07) is -0.125. The molecule has 3 nitrogen and oxygen atoms in total. The van der Waals surface area contributed by atoms with Gasteiger partial charge in [0.25, 0.3) is 0 Å². The second-order valence-electron chi connectivity index (χ2n) is 2.38. The van der Waals surface area contributed by atoms with Gasteiger partial charge in [0.1, 0.15) is 6.04 Å². The first-order chi connectivity index (χ1) is 5.26. The van der Waals surface area contributed by atoms with Crippen LogP contribution < -0.4 is 5.32 Å². The number of rotatable bonds is 5. The van der Waals surface area contributed by atoms with Crippen molar-refractivity contribution in [2.45, 2.75) is 32.7 Å². The Morgan fingerprint density at radius 3 is 2.42 bits per heavy atom. The molecule has 1 atom stereocenters. The minimum absolute atomic E-state index is 0. The van der Waals surface area contributed by atoms with E-state index in [4.69, 9.17) is 4.74 Å². The van der Waals surface area contributed by atoms with Gasteiger partial charge in [-0.1, -0.05) is 13.3 Å². The molecule has 0 fully saturated rings. The summed E-state index contributed by atoms with van der Waals surface area (Å²) in [5.74, 6) is -0.142. The number of hydrogen-bond donors (Lipinski definition) is 1. The van der Waals surface area contributed by atoms with E-state index in [0.29, 0.717) is 6.61 Å². The number of nitrogens with one attached hydrogen (secondary N) is 1.